The molecule has 0 unspecified atom stereocenters. The van der Waals surface area contributed by atoms with E-state index in [4.69, 9.17) is 4.74 Å². The molecule has 3 rings (SSSR count). The van der Waals surface area contributed by atoms with E-state index in [2.05, 4.69) is 20.9 Å². The Bertz CT molecular complexity index is 608. The van der Waals surface area contributed by atoms with E-state index in [0.717, 1.165) is 22.4 Å². The third kappa shape index (κ3) is 1.82. The zero-order valence-corrected chi connectivity index (χ0v) is 11.6. The molecular weight excluding hydrogens is 296 g/mol. The second kappa shape index (κ2) is 4.39. The van der Waals surface area contributed by atoms with Gasteiger partial charge in [-0.15, -0.1) is 0 Å². The molecule has 0 amide bonds. The van der Waals surface area contributed by atoms with Crippen molar-refractivity contribution in [3.05, 3.63) is 34.8 Å². The maximum absolute atomic E-state index is 11.7. The molecule has 2 aromatic heterocycles. The zero-order chi connectivity index (χ0) is 12.7. The first-order valence-electron chi connectivity index (χ1n) is 6.01. The van der Waals surface area contributed by atoms with Crippen molar-refractivity contribution >= 4 is 27.4 Å². The fourth-order valence-electron chi connectivity index (χ4n) is 2.27. The minimum absolute atomic E-state index is 0.0253. The summed E-state index contributed by atoms with van der Waals surface area (Å²) < 4.78 is 7.91. The van der Waals surface area contributed by atoms with Crippen molar-refractivity contribution in [3.8, 4) is 0 Å². The van der Waals surface area contributed by atoms with E-state index in [9.17, 15) is 4.79 Å². The van der Waals surface area contributed by atoms with Gasteiger partial charge in [0.1, 0.15) is 10.4 Å². The number of esters is 1. The van der Waals surface area contributed by atoms with Crippen molar-refractivity contribution in [1.82, 2.24) is 9.38 Å². The van der Waals surface area contributed by atoms with Crippen molar-refractivity contribution in [3.63, 3.8) is 0 Å². The molecule has 1 aliphatic rings. The van der Waals surface area contributed by atoms with Gasteiger partial charge in [-0.2, -0.15) is 0 Å². The molecule has 0 spiro atoms. The standard InChI is InChI=1S/C13H13BrN2O2/c1-2-18-13(17)9-7-8(9)12-15-11(14)10-5-3-4-6-16(10)12/h3-6,8-9H,2,7H2,1H3/t8-,9+/m0/s1. The van der Waals surface area contributed by atoms with Crippen LogP contribution in [0.5, 0.6) is 0 Å². The highest BCUT2D eigenvalue weighted by Crippen LogP contribution is 2.48. The average molecular weight is 309 g/mol. The van der Waals surface area contributed by atoms with E-state index in [-0.39, 0.29) is 17.8 Å². The zero-order valence-electron chi connectivity index (χ0n) is 9.97. The van der Waals surface area contributed by atoms with Crippen molar-refractivity contribution in [1.29, 1.82) is 0 Å². The largest absolute Gasteiger partial charge is 0.466 e. The van der Waals surface area contributed by atoms with Crippen LogP contribution in [0.25, 0.3) is 5.52 Å². The molecule has 1 aliphatic carbocycles. The quantitative estimate of drug-likeness (QED) is 0.819. The summed E-state index contributed by atoms with van der Waals surface area (Å²) in [6, 6.07) is 5.94. The number of imidazole rings is 1. The molecular formula is C13H13BrN2O2. The summed E-state index contributed by atoms with van der Waals surface area (Å²) in [7, 11) is 0. The highest BCUT2D eigenvalue weighted by Gasteiger charge is 2.47. The molecule has 0 aromatic carbocycles. The molecule has 18 heavy (non-hydrogen) atoms. The molecule has 0 radical (unpaired) electrons. The number of pyridine rings is 1. The number of carbonyl (C=O) groups excluding carboxylic acids is 1. The summed E-state index contributed by atoms with van der Waals surface area (Å²) in [6.45, 7) is 2.27. The van der Waals surface area contributed by atoms with E-state index >= 15 is 0 Å². The number of nitrogens with zero attached hydrogens (tertiary/aromatic N) is 2. The average Bonchev–Trinajstić information content (AvgIpc) is 3.10. The van der Waals surface area contributed by atoms with Crippen LogP contribution in [0.2, 0.25) is 0 Å². The lowest BCUT2D eigenvalue weighted by atomic mass is 10.3. The van der Waals surface area contributed by atoms with Gasteiger partial charge in [-0.25, -0.2) is 4.98 Å². The van der Waals surface area contributed by atoms with Crippen LogP contribution in [-0.4, -0.2) is 22.0 Å². The van der Waals surface area contributed by atoms with Gasteiger partial charge in [0.15, 0.2) is 0 Å². The highest BCUT2D eigenvalue weighted by atomic mass is 79.9. The third-order valence-electron chi connectivity index (χ3n) is 3.24. The predicted molar refractivity (Wildman–Crippen MR) is 70.4 cm³/mol. The minimum Gasteiger partial charge on any atom is -0.466 e. The molecule has 0 aliphatic heterocycles. The minimum atomic E-state index is -0.105. The van der Waals surface area contributed by atoms with Crippen molar-refractivity contribution in [2.75, 3.05) is 6.61 Å². The first-order chi connectivity index (χ1) is 8.72. The molecule has 4 nitrogen and oxygen atoms in total. The molecule has 2 heterocycles. The fourth-order valence-corrected chi connectivity index (χ4v) is 2.78. The summed E-state index contributed by atoms with van der Waals surface area (Å²) in [5, 5.41) is 0. The number of rotatable bonds is 3. The van der Waals surface area contributed by atoms with Gasteiger partial charge in [-0.3, -0.25) is 4.79 Å². The SMILES string of the molecule is CCOC(=O)[C@@H]1C[C@@H]1c1nc(Br)c2ccccn12. The van der Waals surface area contributed by atoms with Gasteiger partial charge in [0, 0.05) is 12.1 Å². The number of ether oxygens (including phenoxy) is 1. The van der Waals surface area contributed by atoms with Gasteiger partial charge >= 0.3 is 5.97 Å². The molecule has 0 bridgehead atoms. The second-order valence-electron chi connectivity index (χ2n) is 4.42. The Balaban J connectivity index is 1.91. The van der Waals surface area contributed by atoms with Crippen LogP contribution >= 0.6 is 15.9 Å². The first-order valence-corrected chi connectivity index (χ1v) is 6.80. The van der Waals surface area contributed by atoms with Crippen LogP contribution in [-0.2, 0) is 9.53 Å². The van der Waals surface area contributed by atoms with Gasteiger partial charge < -0.3 is 9.14 Å². The normalized spacial score (nSPS) is 22.1. The lowest BCUT2D eigenvalue weighted by Crippen LogP contribution is -2.08. The number of hydrogen-bond donors (Lipinski definition) is 0. The fraction of sp³-hybridized carbons (Fsp3) is 0.385. The van der Waals surface area contributed by atoms with Crippen LogP contribution in [0.15, 0.2) is 29.0 Å². The Morgan fingerprint density at radius 3 is 3.22 bits per heavy atom. The second-order valence-corrected chi connectivity index (χ2v) is 5.17. The Morgan fingerprint density at radius 2 is 2.44 bits per heavy atom. The summed E-state index contributed by atoms with van der Waals surface area (Å²) in [6.07, 6.45) is 2.81. The number of fused-ring (bicyclic) bond motifs is 1. The highest BCUT2D eigenvalue weighted by molar-refractivity contribution is 9.10. The van der Waals surface area contributed by atoms with Gasteiger partial charge in [0.05, 0.1) is 18.0 Å². The van der Waals surface area contributed by atoms with E-state index in [0.29, 0.717) is 6.61 Å². The number of hydrogen-bond acceptors (Lipinski definition) is 3. The number of aromatic nitrogens is 2. The van der Waals surface area contributed by atoms with Gasteiger partial charge in [-0.05, 0) is 41.4 Å². The lowest BCUT2D eigenvalue weighted by molar-refractivity contribution is -0.144. The Morgan fingerprint density at radius 1 is 1.61 bits per heavy atom. The number of halogens is 1. The van der Waals surface area contributed by atoms with Crippen LogP contribution in [0.3, 0.4) is 0 Å². The van der Waals surface area contributed by atoms with E-state index < -0.39 is 0 Å². The predicted octanol–water partition coefficient (Wildman–Crippen LogP) is 2.76. The smallest absolute Gasteiger partial charge is 0.309 e. The van der Waals surface area contributed by atoms with Crippen molar-refractivity contribution in [2.24, 2.45) is 5.92 Å². The Labute approximate surface area is 113 Å². The van der Waals surface area contributed by atoms with Crippen LogP contribution in [0, 0.1) is 5.92 Å². The summed E-state index contributed by atoms with van der Waals surface area (Å²) in [5.41, 5.74) is 1.03. The Hall–Kier alpha value is -1.36. The molecule has 1 saturated carbocycles. The van der Waals surface area contributed by atoms with Crippen molar-refractivity contribution < 1.29 is 9.53 Å². The summed E-state index contributed by atoms with van der Waals surface area (Å²) in [4.78, 5) is 16.2. The molecule has 2 atom stereocenters. The molecule has 5 heteroatoms. The van der Waals surface area contributed by atoms with Gasteiger partial charge in [-0.1, -0.05) is 6.07 Å². The van der Waals surface area contributed by atoms with E-state index in [1.54, 1.807) is 0 Å². The lowest BCUT2D eigenvalue weighted by Gasteiger charge is -2.01. The molecule has 0 N–H and O–H groups in total. The maximum atomic E-state index is 11.7. The van der Waals surface area contributed by atoms with Crippen LogP contribution in [0.4, 0.5) is 0 Å². The van der Waals surface area contributed by atoms with E-state index in [1.807, 2.05) is 35.7 Å². The van der Waals surface area contributed by atoms with Crippen LogP contribution in [0.1, 0.15) is 25.1 Å². The molecule has 94 valence electrons. The third-order valence-corrected chi connectivity index (χ3v) is 3.83. The topological polar surface area (TPSA) is 43.6 Å². The molecule has 1 fully saturated rings. The van der Waals surface area contributed by atoms with E-state index in [1.165, 1.54) is 0 Å². The number of carbonyl (C=O) groups is 1. The Kier molecular flexibility index (Phi) is 2.86. The van der Waals surface area contributed by atoms with Crippen LogP contribution < -0.4 is 0 Å². The summed E-state index contributed by atoms with van der Waals surface area (Å²) >= 11 is 3.45. The maximum Gasteiger partial charge on any atom is 0.309 e. The molecule has 0 saturated heterocycles. The molecule has 2 aromatic rings. The first kappa shape index (κ1) is 11.7. The van der Waals surface area contributed by atoms with Gasteiger partial charge in [0.2, 0.25) is 0 Å². The summed E-state index contributed by atoms with van der Waals surface area (Å²) in [5.74, 6) is 0.995. The van der Waals surface area contributed by atoms with Crippen molar-refractivity contribution in [2.45, 2.75) is 19.3 Å². The van der Waals surface area contributed by atoms with Gasteiger partial charge in [0.25, 0.3) is 0 Å². The monoisotopic (exact) mass is 308 g/mol.